The van der Waals surface area contributed by atoms with Gasteiger partial charge in [0.2, 0.25) is 5.91 Å². The molecule has 1 aromatic rings. The lowest BCUT2D eigenvalue weighted by Crippen LogP contribution is -2.30. The van der Waals surface area contributed by atoms with Crippen LogP contribution in [0.5, 0.6) is 0 Å². The van der Waals surface area contributed by atoms with Crippen molar-refractivity contribution in [3.63, 3.8) is 0 Å². The molecule has 0 aliphatic carbocycles. The summed E-state index contributed by atoms with van der Waals surface area (Å²) in [5.41, 5.74) is 0.590. The van der Waals surface area contributed by atoms with Crippen molar-refractivity contribution in [2.75, 3.05) is 18.4 Å². The molecule has 0 fully saturated rings. The van der Waals surface area contributed by atoms with E-state index in [1.807, 2.05) is 0 Å². The number of hydrogen-bond donors (Lipinski definition) is 2. The van der Waals surface area contributed by atoms with Gasteiger partial charge in [0.15, 0.2) is 0 Å². The highest BCUT2D eigenvalue weighted by molar-refractivity contribution is 9.10. The maximum atomic E-state index is 11.8. The Hall–Kier alpha value is -1.08. The Morgan fingerprint density at radius 2 is 2.06 bits per heavy atom. The van der Waals surface area contributed by atoms with Crippen LogP contribution in [0.15, 0.2) is 28.7 Å². The summed E-state index contributed by atoms with van der Waals surface area (Å²) in [5.74, 6) is -0.379. The monoisotopic (exact) mass is 324 g/mol. The fourth-order valence-corrected chi connectivity index (χ4v) is 1.60. The van der Waals surface area contributed by atoms with Crippen molar-refractivity contribution in [2.24, 2.45) is 0 Å². The molecule has 0 heterocycles. The number of rotatable bonds is 5. The fourth-order valence-electron chi connectivity index (χ4n) is 1.20. The molecule has 0 spiro atoms. The number of benzene rings is 1. The fraction of sp³-hybridized carbons (Fsp3) is 0.364. The van der Waals surface area contributed by atoms with Crippen molar-refractivity contribution in [2.45, 2.75) is 12.6 Å². The largest absolute Gasteiger partial charge is 0.390 e. The molecule has 0 saturated heterocycles. The molecule has 3 nitrogen and oxygen atoms in total. The standard InChI is InChI=1S/C11H12BrF3N2O/c12-8-2-1-3-9(6-8)17-10(18)7-16-5-4-11(13,14)15/h1-3,6,16H,4-5,7H2,(H,17,18). The molecular weight excluding hydrogens is 313 g/mol. The second-order valence-electron chi connectivity index (χ2n) is 3.60. The average molecular weight is 325 g/mol. The molecular formula is C11H12BrF3N2O. The molecule has 1 aromatic carbocycles. The third kappa shape index (κ3) is 6.61. The molecule has 0 atom stereocenters. The van der Waals surface area contributed by atoms with Gasteiger partial charge >= 0.3 is 6.18 Å². The minimum Gasteiger partial charge on any atom is -0.325 e. The first-order chi connectivity index (χ1) is 8.37. The van der Waals surface area contributed by atoms with Gasteiger partial charge in [-0.3, -0.25) is 4.79 Å². The van der Waals surface area contributed by atoms with Gasteiger partial charge in [-0.15, -0.1) is 0 Å². The summed E-state index contributed by atoms with van der Waals surface area (Å²) in [5, 5.41) is 5.00. The number of carbonyl (C=O) groups excluding carboxylic acids is 1. The van der Waals surface area contributed by atoms with Gasteiger partial charge in [-0.05, 0) is 18.2 Å². The summed E-state index contributed by atoms with van der Waals surface area (Å²) in [4.78, 5) is 11.4. The Morgan fingerprint density at radius 3 is 2.67 bits per heavy atom. The Morgan fingerprint density at radius 1 is 1.33 bits per heavy atom. The topological polar surface area (TPSA) is 41.1 Å². The van der Waals surface area contributed by atoms with Crippen molar-refractivity contribution in [3.05, 3.63) is 28.7 Å². The molecule has 18 heavy (non-hydrogen) atoms. The summed E-state index contributed by atoms with van der Waals surface area (Å²) >= 11 is 3.25. The predicted molar refractivity (Wildman–Crippen MR) is 66.3 cm³/mol. The van der Waals surface area contributed by atoms with Gasteiger partial charge in [-0.25, -0.2) is 0 Å². The number of alkyl halides is 3. The third-order valence-electron chi connectivity index (χ3n) is 1.98. The van der Waals surface area contributed by atoms with Crippen LogP contribution in [0, 0.1) is 0 Å². The summed E-state index contributed by atoms with van der Waals surface area (Å²) in [6.07, 6.45) is -5.15. The number of hydrogen-bond acceptors (Lipinski definition) is 2. The van der Waals surface area contributed by atoms with Crippen molar-refractivity contribution < 1.29 is 18.0 Å². The van der Waals surface area contributed by atoms with E-state index in [0.29, 0.717) is 5.69 Å². The van der Waals surface area contributed by atoms with E-state index in [2.05, 4.69) is 26.6 Å². The first kappa shape index (κ1) is 15.0. The Labute approximate surface area is 111 Å². The van der Waals surface area contributed by atoms with Crippen LogP contribution in [0.25, 0.3) is 0 Å². The zero-order valence-corrected chi connectivity index (χ0v) is 10.9. The highest BCUT2D eigenvalue weighted by atomic mass is 79.9. The van der Waals surface area contributed by atoms with Crippen LogP contribution in [0.4, 0.5) is 18.9 Å². The second kappa shape index (κ2) is 6.75. The van der Waals surface area contributed by atoms with Gasteiger partial charge in [-0.2, -0.15) is 13.2 Å². The van der Waals surface area contributed by atoms with Crippen LogP contribution in [-0.2, 0) is 4.79 Å². The quantitative estimate of drug-likeness (QED) is 0.818. The first-order valence-electron chi connectivity index (χ1n) is 5.20. The van der Waals surface area contributed by atoms with Gasteiger partial charge in [0.05, 0.1) is 13.0 Å². The first-order valence-corrected chi connectivity index (χ1v) is 5.99. The third-order valence-corrected chi connectivity index (χ3v) is 2.47. The lowest BCUT2D eigenvalue weighted by molar-refractivity contribution is -0.134. The molecule has 0 bridgehead atoms. The summed E-state index contributed by atoms with van der Waals surface area (Å²) < 4.78 is 36.3. The van der Waals surface area contributed by atoms with Crippen molar-refractivity contribution >= 4 is 27.5 Å². The molecule has 0 unspecified atom stereocenters. The molecule has 0 aliphatic rings. The van der Waals surface area contributed by atoms with Crippen LogP contribution in [-0.4, -0.2) is 25.2 Å². The van der Waals surface area contributed by atoms with Crippen molar-refractivity contribution in [3.8, 4) is 0 Å². The van der Waals surface area contributed by atoms with E-state index < -0.39 is 12.6 Å². The van der Waals surface area contributed by atoms with E-state index in [4.69, 9.17) is 0 Å². The Bertz CT molecular complexity index is 410. The molecule has 0 aromatic heterocycles. The van der Waals surface area contributed by atoms with Crippen LogP contribution >= 0.6 is 15.9 Å². The molecule has 0 radical (unpaired) electrons. The average Bonchev–Trinajstić information content (AvgIpc) is 2.23. The number of anilines is 1. The van der Waals surface area contributed by atoms with Crippen LogP contribution in [0.1, 0.15) is 6.42 Å². The van der Waals surface area contributed by atoms with Crippen LogP contribution in [0.2, 0.25) is 0 Å². The van der Waals surface area contributed by atoms with Gasteiger partial charge in [0.1, 0.15) is 0 Å². The number of carbonyl (C=O) groups is 1. The van der Waals surface area contributed by atoms with Gasteiger partial charge < -0.3 is 10.6 Å². The predicted octanol–water partition coefficient (Wildman–Crippen LogP) is 2.93. The summed E-state index contributed by atoms with van der Waals surface area (Å²) in [6.45, 7) is -0.419. The van der Waals surface area contributed by atoms with Gasteiger partial charge in [-0.1, -0.05) is 22.0 Å². The number of nitrogens with one attached hydrogen (secondary N) is 2. The van der Waals surface area contributed by atoms with E-state index in [-0.39, 0.29) is 19.0 Å². The Balaban J connectivity index is 2.26. The maximum Gasteiger partial charge on any atom is 0.390 e. The van der Waals surface area contributed by atoms with E-state index in [1.54, 1.807) is 24.3 Å². The maximum absolute atomic E-state index is 11.8. The van der Waals surface area contributed by atoms with E-state index in [1.165, 1.54) is 0 Å². The molecule has 0 saturated carbocycles. The Kier molecular flexibility index (Phi) is 5.61. The number of halogens is 4. The molecule has 1 rings (SSSR count). The van der Waals surface area contributed by atoms with Crippen molar-refractivity contribution in [1.29, 1.82) is 0 Å². The van der Waals surface area contributed by atoms with E-state index in [9.17, 15) is 18.0 Å². The molecule has 1 amide bonds. The van der Waals surface area contributed by atoms with E-state index in [0.717, 1.165) is 4.47 Å². The lowest BCUT2D eigenvalue weighted by Gasteiger charge is -2.08. The second-order valence-corrected chi connectivity index (χ2v) is 4.52. The highest BCUT2D eigenvalue weighted by Gasteiger charge is 2.25. The normalized spacial score (nSPS) is 11.3. The van der Waals surface area contributed by atoms with Crippen LogP contribution < -0.4 is 10.6 Å². The van der Waals surface area contributed by atoms with E-state index >= 15 is 0 Å². The zero-order valence-electron chi connectivity index (χ0n) is 9.35. The van der Waals surface area contributed by atoms with Gasteiger partial charge in [0, 0.05) is 16.7 Å². The molecule has 7 heteroatoms. The zero-order chi connectivity index (χ0) is 13.6. The van der Waals surface area contributed by atoms with Crippen molar-refractivity contribution in [1.82, 2.24) is 5.32 Å². The van der Waals surface area contributed by atoms with Crippen LogP contribution in [0.3, 0.4) is 0 Å². The lowest BCUT2D eigenvalue weighted by atomic mass is 10.3. The molecule has 100 valence electrons. The molecule has 0 aliphatic heterocycles. The summed E-state index contributed by atoms with van der Waals surface area (Å²) in [7, 11) is 0. The smallest absolute Gasteiger partial charge is 0.325 e. The minimum atomic E-state index is -4.20. The SMILES string of the molecule is O=C(CNCCC(F)(F)F)Nc1cccc(Br)c1. The highest BCUT2D eigenvalue weighted by Crippen LogP contribution is 2.18. The minimum absolute atomic E-state index is 0.150. The molecule has 2 N–H and O–H groups in total. The van der Waals surface area contributed by atoms with Gasteiger partial charge in [0.25, 0.3) is 0 Å². The summed E-state index contributed by atoms with van der Waals surface area (Å²) in [6, 6.07) is 6.94. The number of amides is 1.